The van der Waals surface area contributed by atoms with Crippen molar-refractivity contribution in [2.24, 2.45) is 0 Å². The minimum atomic E-state index is -0.0420. The van der Waals surface area contributed by atoms with E-state index in [1.54, 1.807) is 6.07 Å². The minimum absolute atomic E-state index is 0.0420. The van der Waals surface area contributed by atoms with Gasteiger partial charge in [-0.3, -0.25) is 4.79 Å². The second kappa shape index (κ2) is 5.42. The van der Waals surface area contributed by atoms with Crippen LogP contribution in [0.15, 0.2) is 10.6 Å². The molecule has 5 heteroatoms. The predicted molar refractivity (Wildman–Crippen MR) is 64.1 cm³/mol. The van der Waals surface area contributed by atoms with Crippen LogP contribution in [0.2, 0.25) is 0 Å². The van der Waals surface area contributed by atoms with E-state index in [-0.39, 0.29) is 5.78 Å². The summed E-state index contributed by atoms with van der Waals surface area (Å²) in [6.45, 7) is 6.92. The maximum atomic E-state index is 11.1. The molecule has 0 spiro atoms. The smallest absolute Gasteiger partial charge is 0.181 e. The average Bonchev–Trinajstić information content (AvgIpc) is 2.77. The van der Waals surface area contributed by atoms with Crippen molar-refractivity contribution < 1.29 is 9.32 Å². The maximum Gasteiger partial charge on any atom is 0.181 e. The fourth-order valence-electron chi connectivity index (χ4n) is 1.94. The Labute approximate surface area is 101 Å². The molecule has 1 aromatic rings. The molecule has 1 saturated heterocycles. The van der Waals surface area contributed by atoms with Gasteiger partial charge in [-0.25, -0.2) is 0 Å². The van der Waals surface area contributed by atoms with E-state index in [4.69, 9.17) is 4.52 Å². The predicted octanol–water partition coefficient (Wildman–Crippen LogP) is 0.667. The van der Waals surface area contributed by atoms with E-state index in [2.05, 4.69) is 22.0 Å². The SMILES string of the molecule is CC(=O)c1cc(CCN2CCN(C)CC2)on1. The van der Waals surface area contributed by atoms with Gasteiger partial charge < -0.3 is 14.3 Å². The van der Waals surface area contributed by atoms with E-state index < -0.39 is 0 Å². The Morgan fingerprint density at radius 2 is 2.12 bits per heavy atom. The monoisotopic (exact) mass is 237 g/mol. The van der Waals surface area contributed by atoms with Crippen molar-refractivity contribution in [2.75, 3.05) is 39.8 Å². The van der Waals surface area contributed by atoms with E-state index in [0.29, 0.717) is 5.69 Å². The Morgan fingerprint density at radius 1 is 1.41 bits per heavy atom. The summed E-state index contributed by atoms with van der Waals surface area (Å²) in [5.74, 6) is 0.758. The van der Waals surface area contributed by atoms with Crippen LogP contribution in [0.25, 0.3) is 0 Å². The van der Waals surface area contributed by atoms with E-state index in [1.165, 1.54) is 6.92 Å². The van der Waals surface area contributed by atoms with Crippen LogP contribution in [-0.2, 0) is 6.42 Å². The highest BCUT2D eigenvalue weighted by Gasteiger charge is 2.14. The van der Waals surface area contributed by atoms with Crippen LogP contribution in [0.4, 0.5) is 0 Å². The lowest BCUT2D eigenvalue weighted by atomic mass is 10.2. The van der Waals surface area contributed by atoms with Crippen molar-refractivity contribution in [3.63, 3.8) is 0 Å². The first kappa shape index (κ1) is 12.3. The second-order valence-corrected chi connectivity index (χ2v) is 4.63. The van der Waals surface area contributed by atoms with Crippen LogP contribution in [0.3, 0.4) is 0 Å². The van der Waals surface area contributed by atoms with E-state index in [1.807, 2.05) is 0 Å². The number of ketones is 1. The van der Waals surface area contributed by atoms with Crippen molar-refractivity contribution >= 4 is 5.78 Å². The lowest BCUT2D eigenvalue weighted by molar-refractivity contribution is 0.100. The molecule has 94 valence electrons. The lowest BCUT2D eigenvalue weighted by Crippen LogP contribution is -2.45. The van der Waals surface area contributed by atoms with Crippen molar-refractivity contribution in [1.29, 1.82) is 0 Å². The summed E-state index contributed by atoms with van der Waals surface area (Å²) in [5, 5.41) is 3.74. The molecule has 1 aliphatic heterocycles. The van der Waals surface area contributed by atoms with Crippen LogP contribution in [0.5, 0.6) is 0 Å². The number of aromatic nitrogens is 1. The van der Waals surface area contributed by atoms with Gasteiger partial charge in [-0.05, 0) is 7.05 Å². The Hall–Kier alpha value is -1.20. The summed E-state index contributed by atoms with van der Waals surface area (Å²) in [5.41, 5.74) is 0.429. The molecule has 2 heterocycles. The fraction of sp³-hybridized carbons (Fsp3) is 0.667. The first-order valence-corrected chi connectivity index (χ1v) is 6.02. The van der Waals surface area contributed by atoms with Gasteiger partial charge in [-0.15, -0.1) is 0 Å². The standard InChI is InChI=1S/C12H19N3O2/c1-10(16)12-9-11(17-13-12)3-4-15-7-5-14(2)6-8-15/h9H,3-8H2,1-2H3. The van der Waals surface area contributed by atoms with Gasteiger partial charge in [0, 0.05) is 52.1 Å². The number of hydrogen-bond acceptors (Lipinski definition) is 5. The Bertz CT molecular complexity index is 381. The molecule has 0 amide bonds. The van der Waals surface area contributed by atoms with Crippen molar-refractivity contribution in [3.05, 3.63) is 17.5 Å². The Balaban J connectivity index is 1.79. The quantitative estimate of drug-likeness (QED) is 0.720. The molecule has 1 aromatic heterocycles. The lowest BCUT2D eigenvalue weighted by Gasteiger charge is -2.31. The van der Waals surface area contributed by atoms with Gasteiger partial charge in [-0.1, -0.05) is 5.16 Å². The van der Waals surface area contributed by atoms with Crippen LogP contribution in [0.1, 0.15) is 23.2 Å². The third kappa shape index (κ3) is 3.38. The number of piperazine rings is 1. The first-order chi connectivity index (χ1) is 8.15. The van der Waals surface area contributed by atoms with E-state index >= 15 is 0 Å². The number of nitrogens with zero attached hydrogens (tertiary/aromatic N) is 3. The molecule has 17 heavy (non-hydrogen) atoms. The molecular formula is C12H19N3O2. The van der Waals surface area contributed by atoms with Crippen LogP contribution in [0, 0.1) is 0 Å². The van der Waals surface area contributed by atoms with Gasteiger partial charge in [0.25, 0.3) is 0 Å². The third-order valence-electron chi connectivity index (χ3n) is 3.19. The summed E-state index contributed by atoms with van der Waals surface area (Å²) < 4.78 is 5.13. The number of carbonyl (C=O) groups is 1. The first-order valence-electron chi connectivity index (χ1n) is 6.02. The molecule has 0 radical (unpaired) electrons. The molecule has 0 N–H and O–H groups in total. The minimum Gasteiger partial charge on any atom is -0.361 e. The summed E-state index contributed by atoms with van der Waals surface area (Å²) in [6.07, 6.45) is 0.823. The molecule has 2 rings (SSSR count). The molecular weight excluding hydrogens is 218 g/mol. The molecule has 1 aliphatic rings. The third-order valence-corrected chi connectivity index (χ3v) is 3.19. The summed E-state index contributed by atoms with van der Waals surface area (Å²) in [4.78, 5) is 15.8. The molecule has 0 unspecified atom stereocenters. The number of carbonyl (C=O) groups excluding carboxylic acids is 1. The Morgan fingerprint density at radius 3 is 2.71 bits per heavy atom. The van der Waals surface area contributed by atoms with Gasteiger partial charge in [0.15, 0.2) is 5.78 Å². The van der Waals surface area contributed by atoms with E-state index in [0.717, 1.165) is 44.9 Å². The topological polar surface area (TPSA) is 49.6 Å². The fourth-order valence-corrected chi connectivity index (χ4v) is 1.94. The molecule has 0 bridgehead atoms. The van der Waals surface area contributed by atoms with Crippen LogP contribution >= 0.6 is 0 Å². The molecule has 0 aromatic carbocycles. The number of hydrogen-bond donors (Lipinski definition) is 0. The van der Waals surface area contributed by atoms with Crippen molar-refractivity contribution in [1.82, 2.24) is 15.0 Å². The highest BCUT2D eigenvalue weighted by atomic mass is 16.5. The summed E-state index contributed by atoms with van der Waals surface area (Å²) >= 11 is 0. The zero-order valence-electron chi connectivity index (χ0n) is 10.5. The van der Waals surface area contributed by atoms with Gasteiger partial charge in [0.05, 0.1) is 0 Å². The normalized spacial score (nSPS) is 18.5. The molecule has 0 aliphatic carbocycles. The summed E-state index contributed by atoms with van der Waals surface area (Å²) in [6, 6.07) is 1.75. The highest BCUT2D eigenvalue weighted by Crippen LogP contribution is 2.07. The molecule has 0 atom stereocenters. The van der Waals surface area contributed by atoms with Crippen LogP contribution in [-0.4, -0.2) is 60.5 Å². The van der Waals surface area contributed by atoms with Gasteiger partial charge in [0.1, 0.15) is 11.5 Å². The zero-order chi connectivity index (χ0) is 12.3. The number of rotatable bonds is 4. The maximum absolute atomic E-state index is 11.1. The number of likely N-dealkylation sites (N-methyl/N-ethyl adjacent to an activating group) is 1. The van der Waals surface area contributed by atoms with E-state index in [9.17, 15) is 4.79 Å². The zero-order valence-corrected chi connectivity index (χ0v) is 10.5. The highest BCUT2D eigenvalue weighted by molar-refractivity contribution is 5.91. The largest absolute Gasteiger partial charge is 0.361 e. The van der Waals surface area contributed by atoms with Gasteiger partial charge >= 0.3 is 0 Å². The Kier molecular flexibility index (Phi) is 3.91. The number of Topliss-reactive ketones (excluding diaryl/α,β-unsaturated/α-hetero) is 1. The van der Waals surface area contributed by atoms with Crippen molar-refractivity contribution in [3.8, 4) is 0 Å². The van der Waals surface area contributed by atoms with Gasteiger partial charge in [0.2, 0.25) is 0 Å². The molecule has 0 saturated carbocycles. The van der Waals surface area contributed by atoms with Gasteiger partial charge in [-0.2, -0.15) is 0 Å². The summed E-state index contributed by atoms with van der Waals surface area (Å²) in [7, 11) is 2.15. The molecule has 5 nitrogen and oxygen atoms in total. The average molecular weight is 237 g/mol. The van der Waals surface area contributed by atoms with Crippen LogP contribution < -0.4 is 0 Å². The molecule has 1 fully saturated rings. The van der Waals surface area contributed by atoms with Crippen molar-refractivity contribution in [2.45, 2.75) is 13.3 Å². The second-order valence-electron chi connectivity index (χ2n) is 4.63.